The highest BCUT2D eigenvalue weighted by atomic mass is 35.5. The summed E-state index contributed by atoms with van der Waals surface area (Å²) in [4.78, 5) is 0. The third kappa shape index (κ3) is 2.49. The molecule has 17 heavy (non-hydrogen) atoms. The Morgan fingerprint density at radius 3 is 2.76 bits per heavy atom. The third-order valence-electron chi connectivity index (χ3n) is 3.60. The number of hydrogen-bond donors (Lipinski definition) is 1. The van der Waals surface area contributed by atoms with E-state index in [9.17, 15) is 0 Å². The van der Waals surface area contributed by atoms with Crippen molar-refractivity contribution in [3.05, 3.63) is 34.7 Å². The molecule has 0 saturated carbocycles. The zero-order valence-corrected chi connectivity index (χ0v) is 11.7. The van der Waals surface area contributed by atoms with Crippen molar-refractivity contribution in [3.8, 4) is 0 Å². The maximum atomic E-state index is 3.43. The molecule has 2 aromatic rings. The summed E-state index contributed by atoms with van der Waals surface area (Å²) in [5.41, 5.74) is 2.96. The summed E-state index contributed by atoms with van der Waals surface area (Å²) < 4.78 is 1.43. The van der Waals surface area contributed by atoms with Crippen molar-refractivity contribution < 1.29 is 0 Å². The lowest BCUT2D eigenvalue weighted by Gasteiger charge is -2.23. The molecule has 1 fully saturated rings. The van der Waals surface area contributed by atoms with Gasteiger partial charge in [-0.3, -0.25) is 0 Å². The van der Waals surface area contributed by atoms with Crippen LogP contribution in [-0.4, -0.2) is 13.1 Å². The second kappa shape index (κ2) is 5.38. The second-order valence-corrected chi connectivity index (χ2v) is 5.61. The fourth-order valence-electron chi connectivity index (χ4n) is 2.58. The molecule has 2 heterocycles. The molecule has 1 aromatic carbocycles. The molecule has 1 nitrogen and oxygen atoms in total. The summed E-state index contributed by atoms with van der Waals surface area (Å²) in [6.45, 7) is 4.56. The number of rotatable bonds is 1. The number of piperidine rings is 1. The van der Waals surface area contributed by atoms with Gasteiger partial charge in [-0.05, 0) is 72.8 Å². The SMILES string of the molecule is Cc1csc2ccc(C3CCNCC3)cc12.Cl. The van der Waals surface area contributed by atoms with Crippen molar-refractivity contribution in [2.75, 3.05) is 13.1 Å². The van der Waals surface area contributed by atoms with Crippen LogP contribution in [0.15, 0.2) is 23.6 Å². The van der Waals surface area contributed by atoms with Gasteiger partial charge in [0.05, 0.1) is 0 Å². The molecule has 1 N–H and O–H groups in total. The zero-order chi connectivity index (χ0) is 11.0. The molecule has 0 bridgehead atoms. The van der Waals surface area contributed by atoms with Crippen LogP contribution >= 0.6 is 23.7 Å². The predicted molar refractivity (Wildman–Crippen MR) is 78.7 cm³/mol. The minimum atomic E-state index is 0. The molecule has 3 rings (SSSR count). The van der Waals surface area contributed by atoms with Gasteiger partial charge in [-0.25, -0.2) is 0 Å². The van der Waals surface area contributed by atoms with E-state index in [-0.39, 0.29) is 12.4 Å². The van der Waals surface area contributed by atoms with Crippen LogP contribution in [0.2, 0.25) is 0 Å². The summed E-state index contributed by atoms with van der Waals surface area (Å²) in [6, 6.07) is 7.04. The average molecular weight is 268 g/mol. The van der Waals surface area contributed by atoms with Crippen molar-refractivity contribution >= 4 is 33.8 Å². The molecule has 1 aliphatic heterocycles. The van der Waals surface area contributed by atoms with Gasteiger partial charge in [-0.1, -0.05) is 6.07 Å². The summed E-state index contributed by atoms with van der Waals surface area (Å²) in [5, 5.41) is 7.15. The number of halogens is 1. The molecule has 0 spiro atoms. The van der Waals surface area contributed by atoms with Gasteiger partial charge in [-0.15, -0.1) is 23.7 Å². The number of fused-ring (bicyclic) bond motifs is 1. The normalized spacial score (nSPS) is 17.0. The van der Waals surface area contributed by atoms with E-state index in [1.807, 2.05) is 11.3 Å². The number of aryl methyl sites for hydroxylation is 1. The van der Waals surface area contributed by atoms with Crippen molar-refractivity contribution in [2.24, 2.45) is 0 Å². The van der Waals surface area contributed by atoms with Gasteiger partial charge >= 0.3 is 0 Å². The first-order valence-electron chi connectivity index (χ1n) is 6.03. The lowest BCUT2D eigenvalue weighted by Crippen LogP contribution is -2.26. The quantitative estimate of drug-likeness (QED) is 0.820. The number of hydrogen-bond acceptors (Lipinski definition) is 2. The average Bonchev–Trinajstić information content (AvgIpc) is 2.72. The van der Waals surface area contributed by atoms with Gasteiger partial charge in [-0.2, -0.15) is 0 Å². The predicted octanol–water partition coefficient (Wildman–Crippen LogP) is 4.10. The van der Waals surface area contributed by atoms with Crippen LogP contribution in [0.25, 0.3) is 10.1 Å². The smallest absolute Gasteiger partial charge is 0.0345 e. The Morgan fingerprint density at radius 1 is 1.24 bits per heavy atom. The van der Waals surface area contributed by atoms with Crippen molar-refractivity contribution in [1.29, 1.82) is 0 Å². The molecule has 1 saturated heterocycles. The van der Waals surface area contributed by atoms with Crippen LogP contribution in [0.1, 0.15) is 29.9 Å². The highest BCUT2D eigenvalue weighted by Crippen LogP contribution is 2.31. The molecular weight excluding hydrogens is 250 g/mol. The monoisotopic (exact) mass is 267 g/mol. The number of benzene rings is 1. The fraction of sp³-hybridized carbons (Fsp3) is 0.429. The van der Waals surface area contributed by atoms with Crippen LogP contribution in [-0.2, 0) is 0 Å². The van der Waals surface area contributed by atoms with Gasteiger partial charge < -0.3 is 5.32 Å². The van der Waals surface area contributed by atoms with Crippen LogP contribution in [0, 0.1) is 6.92 Å². The lowest BCUT2D eigenvalue weighted by molar-refractivity contribution is 0.460. The molecular formula is C14H18ClNS. The Labute approximate surface area is 113 Å². The number of thiophene rings is 1. The van der Waals surface area contributed by atoms with E-state index in [2.05, 4.69) is 35.8 Å². The minimum absolute atomic E-state index is 0. The molecule has 92 valence electrons. The molecule has 0 unspecified atom stereocenters. The largest absolute Gasteiger partial charge is 0.317 e. The molecule has 0 amide bonds. The highest BCUT2D eigenvalue weighted by molar-refractivity contribution is 7.17. The minimum Gasteiger partial charge on any atom is -0.317 e. The second-order valence-electron chi connectivity index (χ2n) is 4.70. The van der Waals surface area contributed by atoms with E-state index in [0.717, 1.165) is 5.92 Å². The lowest BCUT2D eigenvalue weighted by atomic mass is 9.89. The van der Waals surface area contributed by atoms with E-state index in [0.29, 0.717) is 0 Å². The maximum Gasteiger partial charge on any atom is 0.0345 e. The van der Waals surface area contributed by atoms with Gasteiger partial charge in [0.1, 0.15) is 0 Å². The fourth-order valence-corrected chi connectivity index (χ4v) is 3.51. The third-order valence-corrected chi connectivity index (χ3v) is 4.68. The molecule has 1 aliphatic rings. The topological polar surface area (TPSA) is 12.0 Å². The van der Waals surface area contributed by atoms with Crippen LogP contribution < -0.4 is 5.32 Å². The van der Waals surface area contributed by atoms with Crippen molar-refractivity contribution in [2.45, 2.75) is 25.7 Å². The molecule has 0 atom stereocenters. The van der Waals surface area contributed by atoms with E-state index < -0.39 is 0 Å². The first-order chi connectivity index (χ1) is 7.84. The zero-order valence-electron chi connectivity index (χ0n) is 10.0. The summed E-state index contributed by atoms with van der Waals surface area (Å²) >= 11 is 1.86. The van der Waals surface area contributed by atoms with Crippen LogP contribution in [0.4, 0.5) is 0 Å². The van der Waals surface area contributed by atoms with E-state index in [4.69, 9.17) is 0 Å². The first kappa shape index (κ1) is 12.9. The molecule has 1 aromatic heterocycles. The van der Waals surface area contributed by atoms with E-state index >= 15 is 0 Å². The Kier molecular flexibility index (Phi) is 4.08. The Bertz CT molecular complexity index is 500. The molecule has 0 radical (unpaired) electrons. The first-order valence-corrected chi connectivity index (χ1v) is 6.91. The van der Waals surface area contributed by atoms with Crippen LogP contribution in [0.3, 0.4) is 0 Å². The van der Waals surface area contributed by atoms with Gasteiger partial charge in [0, 0.05) is 4.70 Å². The Balaban J connectivity index is 0.00000108. The van der Waals surface area contributed by atoms with E-state index in [1.165, 1.54) is 47.1 Å². The standard InChI is InChI=1S/C14H17NS.ClH/c1-10-9-16-14-3-2-12(8-13(10)14)11-4-6-15-7-5-11;/h2-3,8-9,11,15H,4-7H2,1H3;1H. The maximum absolute atomic E-state index is 3.43. The van der Waals surface area contributed by atoms with Gasteiger partial charge in [0.25, 0.3) is 0 Å². The number of nitrogens with one attached hydrogen (secondary N) is 1. The molecule has 0 aliphatic carbocycles. The highest BCUT2D eigenvalue weighted by Gasteiger charge is 2.15. The van der Waals surface area contributed by atoms with Crippen molar-refractivity contribution in [1.82, 2.24) is 5.32 Å². The summed E-state index contributed by atoms with van der Waals surface area (Å²) in [7, 11) is 0. The summed E-state index contributed by atoms with van der Waals surface area (Å²) in [5.74, 6) is 0.768. The van der Waals surface area contributed by atoms with Crippen LogP contribution in [0.5, 0.6) is 0 Å². The Hall–Kier alpha value is -0.570. The van der Waals surface area contributed by atoms with E-state index in [1.54, 1.807) is 0 Å². The Morgan fingerprint density at radius 2 is 2.00 bits per heavy atom. The molecule has 3 heteroatoms. The summed E-state index contributed by atoms with van der Waals surface area (Å²) in [6.07, 6.45) is 2.57. The van der Waals surface area contributed by atoms with Gasteiger partial charge in [0.15, 0.2) is 0 Å². The van der Waals surface area contributed by atoms with Crippen molar-refractivity contribution in [3.63, 3.8) is 0 Å². The van der Waals surface area contributed by atoms with Gasteiger partial charge in [0.2, 0.25) is 0 Å².